The van der Waals surface area contributed by atoms with Gasteiger partial charge < -0.3 is 10.5 Å². The molecule has 1 fully saturated rings. The molecule has 3 heteroatoms. The van der Waals surface area contributed by atoms with Crippen molar-refractivity contribution in [2.45, 2.75) is 38.8 Å². The van der Waals surface area contributed by atoms with Crippen LogP contribution in [0, 0.1) is 5.92 Å². The monoisotopic (exact) mass is 233 g/mol. The number of hydrogen-bond acceptors (Lipinski definition) is 3. The molecule has 0 heterocycles. The third-order valence-electron chi connectivity index (χ3n) is 3.06. The fourth-order valence-electron chi connectivity index (χ4n) is 2.08. The second kappa shape index (κ2) is 4.88. The Balaban J connectivity index is 2.00. The van der Waals surface area contributed by atoms with Gasteiger partial charge in [0.25, 0.3) is 0 Å². The zero-order valence-electron chi connectivity index (χ0n) is 10.3. The number of ketones is 1. The van der Waals surface area contributed by atoms with Crippen LogP contribution in [0.5, 0.6) is 5.75 Å². The lowest BCUT2D eigenvalue weighted by molar-refractivity contribution is 0.0832. The summed E-state index contributed by atoms with van der Waals surface area (Å²) in [7, 11) is 0. The molecule has 0 aromatic heterocycles. The summed E-state index contributed by atoms with van der Waals surface area (Å²) in [6.07, 6.45) is 1.80. The second-order valence-electron chi connectivity index (χ2n) is 4.98. The molecule has 1 aliphatic carbocycles. The number of carbonyl (C=O) groups excluding carboxylic acids is 1. The molecule has 1 aliphatic rings. The molecule has 3 nitrogen and oxygen atoms in total. The van der Waals surface area contributed by atoms with Gasteiger partial charge in [0, 0.05) is 17.5 Å². The fourth-order valence-corrected chi connectivity index (χ4v) is 2.08. The van der Waals surface area contributed by atoms with Crippen molar-refractivity contribution in [3.05, 3.63) is 29.8 Å². The molecule has 0 radical (unpaired) electrons. The largest absolute Gasteiger partial charge is 0.491 e. The Morgan fingerprint density at radius 2 is 1.88 bits per heavy atom. The van der Waals surface area contributed by atoms with Gasteiger partial charge >= 0.3 is 0 Å². The van der Waals surface area contributed by atoms with Crippen LogP contribution in [0.15, 0.2) is 24.3 Å². The summed E-state index contributed by atoms with van der Waals surface area (Å²) in [4.78, 5) is 12.0. The highest BCUT2D eigenvalue weighted by Crippen LogP contribution is 2.29. The Morgan fingerprint density at radius 1 is 1.29 bits per heavy atom. The minimum Gasteiger partial charge on any atom is -0.491 e. The lowest BCUT2D eigenvalue weighted by atomic mass is 9.76. The minimum absolute atomic E-state index is 0.127. The van der Waals surface area contributed by atoms with Gasteiger partial charge in [0.2, 0.25) is 0 Å². The van der Waals surface area contributed by atoms with Crippen LogP contribution in [0.3, 0.4) is 0 Å². The first kappa shape index (κ1) is 12.1. The van der Waals surface area contributed by atoms with Crippen LogP contribution in [0.4, 0.5) is 0 Å². The number of nitrogens with two attached hydrogens (primary N) is 1. The number of hydrogen-bond donors (Lipinski definition) is 1. The first-order chi connectivity index (χ1) is 8.06. The van der Waals surface area contributed by atoms with Crippen molar-refractivity contribution in [2.75, 3.05) is 0 Å². The fraction of sp³-hybridized carbons (Fsp3) is 0.500. The number of benzene rings is 1. The molecule has 0 bridgehead atoms. The SMILES string of the molecule is CC(C)Oc1ccc(C(=O)C2CC(N)C2)cc1. The molecule has 1 aromatic rings. The first-order valence-corrected chi connectivity index (χ1v) is 6.13. The molecule has 2 rings (SSSR count). The zero-order chi connectivity index (χ0) is 12.4. The van der Waals surface area contributed by atoms with Crippen molar-refractivity contribution in [1.82, 2.24) is 0 Å². The third-order valence-corrected chi connectivity index (χ3v) is 3.06. The van der Waals surface area contributed by atoms with Crippen molar-refractivity contribution < 1.29 is 9.53 Å². The Morgan fingerprint density at radius 3 is 2.35 bits per heavy atom. The quantitative estimate of drug-likeness (QED) is 0.812. The lowest BCUT2D eigenvalue weighted by Crippen LogP contribution is -2.40. The lowest BCUT2D eigenvalue weighted by Gasteiger charge is -2.31. The van der Waals surface area contributed by atoms with E-state index in [0.717, 1.165) is 24.2 Å². The second-order valence-corrected chi connectivity index (χ2v) is 4.98. The molecule has 0 saturated heterocycles. The van der Waals surface area contributed by atoms with Crippen molar-refractivity contribution in [2.24, 2.45) is 11.7 Å². The molecule has 0 amide bonds. The van der Waals surface area contributed by atoms with Crippen LogP contribution in [-0.2, 0) is 0 Å². The molecule has 0 spiro atoms. The van der Waals surface area contributed by atoms with E-state index >= 15 is 0 Å². The zero-order valence-corrected chi connectivity index (χ0v) is 10.3. The summed E-state index contributed by atoms with van der Waals surface area (Å²) in [6, 6.07) is 7.60. The van der Waals surface area contributed by atoms with E-state index in [2.05, 4.69) is 0 Å². The van der Waals surface area contributed by atoms with Crippen molar-refractivity contribution in [3.8, 4) is 5.75 Å². The van der Waals surface area contributed by atoms with E-state index in [-0.39, 0.29) is 23.8 Å². The van der Waals surface area contributed by atoms with Crippen molar-refractivity contribution in [1.29, 1.82) is 0 Å². The number of rotatable bonds is 4. The maximum atomic E-state index is 12.0. The highest BCUT2D eigenvalue weighted by atomic mass is 16.5. The molecule has 1 aromatic carbocycles. The van der Waals surface area contributed by atoms with Crippen molar-refractivity contribution in [3.63, 3.8) is 0 Å². The van der Waals surface area contributed by atoms with E-state index in [1.54, 1.807) is 0 Å². The van der Waals surface area contributed by atoms with Gasteiger partial charge in [-0.1, -0.05) is 0 Å². The highest BCUT2D eigenvalue weighted by molar-refractivity contribution is 5.98. The molecule has 0 aliphatic heterocycles. The standard InChI is InChI=1S/C14H19NO2/c1-9(2)17-13-5-3-10(4-6-13)14(16)11-7-12(15)8-11/h3-6,9,11-12H,7-8,15H2,1-2H3. The Kier molecular flexibility index (Phi) is 3.48. The average Bonchev–Trinajstić information content (AvgIpc) is 2.24. The first-order valence-electron chi connectivity index (χ1n) is 6.13. The van der Waals surface area contributed by atoms with E-state index in [4.69, 9.17) is 10.5 Å². The number of carbonyl (C=O) groups is 1. The van der Waals surface area contributed by atoms with E-state index < -0.39 is 0 Å². The van der Waals surface area contributed by atoms with Crippen molar-refractivity contribution >= 4 is 5.78 Å². The maximum absolute atomic E-state index is 12.0. The van der Waals surface area contributed by atoms with Crippen LogP contribution in [0.2, 0.25) is 0 Å². The molecule has 17 heavy (non-hydrogen) atoms. The van der Waals surface area contributed by atoms with E-state index in [1.807, 2.05) is 38.1 Å². The van der Waals surface area contributed by atoms with E-state index in [9.17, 15) is 4.79 Å². The average molecular weight is 233 g/mol. The highest BCUT2D eigenvalue weighted by Gasteiger charge is 2.32. The molecular formula is C14H19NO2. The van der Waals surface area contributed by atoms with E-state index in [1.165, 1.54) is 0 Å². The normalized spacial score (nSPS) is 23.3. The molecule has 2 N–H and O–H groups in total. The summed E-state index contributed by atoms with van der Waals surface area (Å²) in [5.74, 6) is 1.14. The predicted molar refractivity (Wildman–Crippen MR) is 67.2 cm³/mol. The van der Waals surface area contributed by atoms with Crippen LogP contribution in [0.25, 0.3) is 0 Å². The number of ether oxygens (including phenoxy) is 1. The molecule has 0 atom stereocenters. The molecular weight excluding hydrogens is 214 g/mol. The Labute approximate surface area is 102 Å². The summed E-state index contributed by atoms with van der Waals surface area (Å²) >= 11 is 0. The van der Waals surface area contributed by atoms with Gasteiger partial charge in [0.05, 0.1) is 6.10 Å². The molecule has 1 saturated carbocycles. The van der Waals surface area contributed by atoms with E-state index in [0.29, 0.717) is 0 Å². The van der Waals surface area contributed by atoms with Gasteiger partial charge in [0.15, 0.2) is 5.78 Å². The van der Waals surface area contributed by atoms with Gasteiger partial charge in [0.1, 0.15) is 5.75 Å². The van der Waals surface area contributed by atoms with Gasteiger partial charge in [-0.3, -0.25) is 4.79 Å². The minimum atomic E-state index is 0.127. The van der Waals surface area contributed by atoms with Crippen LogP contribution < -0.4 is 10.5 Å². The Bertz CT molecular complexity index is 391. The summed E-state index contributed by atoms with van der Waals surface area (Å²) in [6.45, 7) is 3.96. The summed E-state index contributed by atoms with van der Waals surface area (Å²) in [5, 5.41) is 0. The van der Waals surface area contributed by atoms with Crippen LogP contribution in [0.1, 0.15) is 37.0 Å². The van der Waals surface area contributed by atoms with Crippen LogP contribution in [-0.4, -0.2) is 17.9 Å². The number of Topliss-reactive ketones (excluding diaryl/α,β-unsaturated/α-hetero) is 1. The Hall–Kier alpha value is -1.35. The van der Waals surface area contributed by atoms with Gasteiger partial charge in [-0.2, -0.15) is 0 Å². The molecule has 92 valence electrons. The smallest absolute Gasteiger partial charge is 0.166 e. The van der Waals surface area contributed by atoms with Crippen LogP contribution >= 0.6 is 0 Å². The maximum Gasteiger partial charge on any atom is 0.166 e. The summed E-state index contributed by atoms with van der Waals surface area (Å²) in [5.41, 5.74) is 6.45. The van der Waals surface area contributed by atoms with Gasteiger partial charge in [-0.15, -0.1) is 0 Å². The third kappa shape index (κ3) is 2.86. The van der Waals surface area contributed by atoms with Gasteiger partial charge in [-0.25, -0.2) is 0 Å². The topological polar surface area (TPSA) is 52.3 Å². The van der Waals surface area contributed by atoms with Gasteiger partial charge in [-0.05, 0) is 51.0 Å². The summed E-state index contributed by atoms with van der Waals surface area (Å²) < 4.78 is 5.54. The predicted octanol–water partition coefficient (Wildman–Crippen LogP) is 2.39. The molecule has 0 unspecified atom stereocenters.